The predicted molar refractivity (Wildman–Crippen MR) is 139 cm³/mol. The number of hydrogen-bond acceptors (Lipinski definition) is 6. The summed E-state index contributed by atoms with van der Waals surface area (Å²) in [6.07, 6.45) is 1.50. The second kappa shape index (κ2) is 10.7. The molecule has 1 N–H and O–H groups in total. The molecule has 2 aliphatic rings. The van der Waals surface area contributed by atoms with Crippen LogP contribution in [0, 0.1) is 13.8 Å². The van der Waals surface area contributed by atoms with E-state index in [1.807, 2.05) is 26.0 Å². The topological polar surface area (TPSA) is 88.2 Å². The number of nitrogens with one attached hydrogen (secondary N) is 1. The minimum absolute atomic E-state index is 0.0393. The summed E-state index contributed by atoms with van der Waals surface area (Å²) in [7, 11) is 0. The molecule has 2 aliphatic heterocycles. The third-order valence-electron chi connectivity index (χ3n) is 5.90. The highest BCUT2D eigenvalue weighted by Crippen LogP contribution is 2.29. The van der Waals surface area contributed by atoms with Crippen LogP contribution in [0.3, 0.4) is 0 Å². The minimum Gasteiger partial charge on any atom is -0.483 e. The van der Waals surface area contributed by atoms with Gasteiger partial charge in [-0.3, -0.25) is 24.6 Å². The predicted octanol–water partition coefficient (Wildman–Crippen LogP) is 3.13. The Morgan fingerprint density at radius 3 is 2.66 bits per heavy atom. The molecule has 3 amide bonds. The van der Waals surface area contributed by atoms with Crippen molar-refractivity contribution in [3.8, 4) is 5.75 Å². The van der Waals surface area contributed by atoms with E-state index in [4.69, 9.17) is 21.7 Å². The van der Waals surface area contributed by atoms with Crippen molar-refractivity contribution in [1.29, 1.82) is 0 Å². The van der Waals surface area contributed by atoms with Gasteiger partial charge in [0, 0.05) is 13.1 Å². The third kappa shape index (κ3) is 5.44. The number of rotatable bonds is 5. The molecule has 8 nitrogen and oxygen atoms in total. The number of nitrogens with zero attached hydrogens (tertiary/aromatic N) is 2. The molecule has 10 heteroatoms. The van der Waals surface area contributed by atoms with E-state index >= 15 is 0 Å². The number of carbonyl (C=O) groups is 3. The van der Waals surface area contributed by atoms with Gasteiger partial charge in [-0.1, -0.05) is 18.2 Å². The van der Waals surface area contributed by atoms with Gasteiger partial charge in [-0.15, -0.1) is 0 Å². The zero-order chi connectivity index (χ0) is 25.1. The second-order valence-corrected chi connectivity index (χ2v) is 9.39. The van der Waals surface area contributed by atoms with Gasteiger partial charge in [0.15, 0.2) is 11.7 Å². The Morgan fingerprint density at radius 1 is 1.20 bits per heavy atom. The standard InChI is InChI=1S/C25H24BrN3O5S/c1-15-4-3-5-20(16(15)2)29-24(32)18(23(31)27-25(29)35)12-17-6-7-21(19(26)13-17)34-14-22(30)28-8-10-33-11-9-28/h3-7,12-13H,8-11,14H2,1-2H3,(H,27,31,35)/b18-12+. The van der Waals surface area contributed by atoms with E-state index in [0.29, 0.717) is 47.8 Å². The van der Waals surface area contributed by atoms with Crippen LogP contribution in [0.1, 0.15) is 16.7 Å². The zero-order valence-corrected chi connectivity index (χ0v) is 21.7. The largest absolute Gasteiger partial charge is 0.483 e. The number of benzene rings is 2. The number of morpholine rings is 1. The molecule has 0 unspecified atom stereocenters. The van der Waals surface area contributed by atoms with Crippen molar-refractivity contribution in [3.63, 3.8) is 0 Å². The van der Waals surface area contributed by atoms with Gasteiger partial charge in [0.1, 0.15) is 11.3 Å². The molecule has 2 heterocycles. The Kier molecular flexibility index (Phi) is 7.63. The lowest BCUT2D eigenvalue weighted by Crippen LogP contribution is -2.54. The van der Waals surface area contributed by atoms with Gasteiger partial charge < -0.3 is 14.4 Å². The van der Waals surface area contributed by atoms with E-state index in [-0.39, 0.29) is 23.2 Å². The molecule has 2 saturated heterocycles. The van der Waals surface area contributed by atoms with Crippen LogP contribution in [0.5, 0.6) is 5.75 Å². The summed E-state index contributed by atoms with van der Waals surface area (Å²) in [5.74, 6) is -0.695. The van der Waals surface area contributed by atoms with Gasteiger partial charge in [0.25, 0.3) is 17.7 Å². The number of carbonyl (C=O) groups excluding carboxylic acids is 3. The molecule has 4 rings (SSSR count). The van der Waals surface area contributed by atoms with Crippen LogP contribution in [0.4, 0.5) is 5.69 Å². The average molecular weight is 558 g/mol. The number of thiocarbonyl (C=S) groups is 1. The number of aryl methyl sites for hydroxylation is 1. The summed E-state index contributed by atoms with van der Waals surface area (Å²) < 4.78 is 11.5. The Bertz CT molecular complexity index is 1240. The van der Waals surface area contributed by atoms with Crippen molar-refractivity contribution in [2.75, 3.05) is 37.8 Å². The minimum atomic E-state index is -0.561. The van der Waals surface area contributed by atoms with Gasteiger partial charge in [0.2, 0.25) is 0 Å². The maximum Gasteiger partial charge on any atom is 0.270 e. The SMILES string of the molecule is Cc1cccc(N2C(=O)/C(=C/c3ccc(OCC(=O)N4CCOCC4)c(Br)c3)C(=O)NC2=S)c1C. The van der Waals surface area contributed by atoms with Crippen molar-refractivity contribution < 1.29 is 23.9 Å². The van der Waals surface area contributed by atoms with Crippen molar-refractivity contribution in [1.82, 2.24) is 10.2 Å². The number of hydrogen-bond donors (Lipinski definition) is 1. The van der Waals surface area contributed by atoms with Crippen LogP contribution < -0.4 is 15.0 Å². The molecule has 0 spiro atoms. The summed E-state index contributed by atoms with van der Waals surface area (Å²) >= 11 is 8.75. The highest BCUT2D eigenvalue weighted by Gasteiger charge is 2.35. The van der Waals surface area contributed by atoms with Crippen molar-refractivity contribution in [2.24, 2.45) is 0 Å². The number of ether oxygens (including phenoxy) is 2. The van der Waals surface area contributed by atoms with Gasteiger partial charge in [0.05, 0.1) is 23.4 Å². The lowest BCUT2D eigenvalue weighted by molar-refractivity contribution is -0.137. The van der Waals surface area contributed by atoms with Crippen LogP contribution >= 0.6 is 28.1 Å². The highest BCUT2D eigenvalue weighted by molar-refractivity contribution is 9.10. The van der Waals surface area contributed by atoms with Crippen LogP contribution in [0.2, 0.25) is 0 Å². The normalized spacial score (nSPS) is 17.6. The molecule has 0 saturated carbocycles. The molecule has 0 aromatic heterocycles. The first-order valence-electron chi connectivity index (χ1n) is 11.0. The van der Waals surface area contributed by atoms with E-state index in [1.165, 1.54) is 11.0 Å². The highest BCUT2D eigenvalue weighted by atomic mass is 79.9. The first-order valence-corrected chi connectivity index (χ1v) is 12.2. The fraction of sp³-hybridized carbons (Fsp3) is 0.280. The first kappa shape index (κ1) is 25.0. The number of anilines is 1. The lowest BCUT2D eigenvalue weighted by Gasteiger charge is -2.30. The molecular formula is C25H24BrN3O5S. The molecule has 2 aromatic rings. The van der Waals surface area contributed by atoms with Gasteiger partial charge >= 0.3 is 0 Å². The summed E-state index contributed by atoms with van der Waals surface area (Å²) in [4.78, 5) is 41.3. The average Bonchev–Trinajstić information content (AvgIpc) is 2.84. The van der Waals surface area contributed by atoms with Gasteiger partial charge in [-0.2, -0.15) is 0 Å². The first-order chi connectivity index (χ1) is 16.8. The van der Waals surface area contributed by atoms with Crippen LogP contribution in [-0.2, 0) is 19.1 Å². The Labute approximate surface area is 217 Å². The third-order valence-corrected chi connectivity index (χ3v) is 6.80. The molecule has 35 heavy (non-hydrogen) atoms. The van der Waals surface area contributed by atoms with E-state index in [0.717, 1.165) is 11.1 Å². The summed E-state index contributed by atoms with van der Waals surface area (Å²) in [5, 5.41) is 2.65. The van der Waals surface area contributed by atoms with Crippen LogP contribution in [0.15, 0.2) is 46.4 Å². The number of amides is 3. The fourth-order valence-corrected chi connectivity index (χ4v) is 4.57. The molecule has 182 valence electrons. The molecule has 2 fully saturated rings. The zero-order valence-electron chi connectivity index (χ0n) is 19.3. The molecule has 2 aromatic carbocycles. The number of halogens is 1. The van der Waals surface area contributed by atoms with Gasteiger partial charge in [-0.25, -0.2) is 0 Å². The van der Waals surface area contributed by atoms with E-state index < -0.39 is 11.8 Å². The lowest BCUT2D eigenvalue weighted by atomic mass is 10.0. The van der Waals surface area contributed by atoms with Crippen molar-refractivity contribution in [2.45, 2.75) is 13.8 Å². The Morgan fingerprint density at radius 2 is 1.94 bits per heavy atom. The maximum absolute atomic E-state index is 13.3. The summed E-state index contributed by atoms with van der Waals surface area (Å²) in [5.41, 5.74) is 3.10. The molecule has 0 bridgehead atoms. The summed E-state index contributed by atoms with van der Waals surface area (Å²) in [6.45, 7) is 5.90. The quantitative estimate of drug-likeness (QED) is 0.345. The summed E-state index contributed by atoms with van der Waals surface area (Å²) in [6, 6.07) is 10.7. The molecular weight excluding hydrogens is 534 g/mol. The van der Waals surface area contributed by atoms with Crippen molar-refractivity contribution in [3.05, 3.63) is 63.1 Å². The van der Waals surface area contributed by atoms with E-state index in [1.54, 1.807) is 29.2 Å². The van der Waals surface area contributed by atoms with Gasteiger partial charge in [-0.05, 0) is 83.0 Å². The van der Waals surface area contributed by atoms with Crippen LogP contribution in [-0.4, -0.2) is 60.6 Å². The molecule has 0 aliphatic carbocycles. The Hall–Kier alpha value is -3.08. The smallest absolute Gasteiger partial charge is 0.270 e. The maximum atomic E-state index is 13.3. The molecule has 0 atom stereocenters. The van der Waals surface area contributed by atoms with Crippen LogP contribution in [0.25, 0.3) is 6.08 Å². The monoisotopic (exact) mass is 557 g/mol. The molecule has 0 radical (unpaired) electrons. The van der Waals surface area contributed by atoms with Crippen molar-refractivity contribution >= 4 is 62.7 Å². The second-order valence-electron chi connectivity index (χ2n) is 8.15. The van der Waals surface area contributed by atoms with E-state index in [2.05, 4.69) is 21.2 Å². The fourth-order valence-electron chi connectivity index (χ4n) is 3.79. The van der Waals surface area contributed by atoms with E-state index in [9.17, 15) is 14.4 Å². The Balaban J connectivity index is 1.52.